The number of anilines is 1. The number of carbonyl (C=O) groups excluding carboxylic acids is 2. The molecule has 1 fully saturated rings. The van der Waals surface area contributed by atoms with E-state index in [1.165, 1.54) is 4.90 Å². The molecule has 2 aromatic carbocycles. The Hall–Kier alpha value is -2.35. The van der Waals surface area contributed by atoms with Gasteiger partial charge in [0.15, 0.2) is 0 Å². The summed E-state index contributed by atoms with van der Waals surface area (Å²) in [6.45, 7) is 7.60. The van der Waals surface area contributed by atoms with Gasteiger partial charge in [-0.2, -0.15) is 0 Å². The minimum atomic E-state index is 0.0474. The zero-order chi connectivity index (χ0) is 22.3. The molecule has 2 aliphatic rings. The standard InChI is InChI=1S/C25H32N4O2S/c1-20-11-12-29(22-9-5-6-10-23(22)32-20)25(31)19-28-15-13-27(14-16-28)18-24(30)26-17-21-7-3-2-4-8-21/h2-10,20H,11-19H2,1H3,(H,26,30). The Morgan fingerprint density at radius 2 is 1.56 bits per heavy atom. The molecule has 1 atom stereocenters. The number of thioether (sulfide) groups is 1. The van der Waals surface area contributed by atoms with E-state index in [0.29, 0.717) is 24.9 Å². The molecule has 0 aromatic heterocycles. The van der Waals surface area contributed by atoms with Crippen LogP contribution in [0.2, 0.25) is 0 Å². The summed E-state index contributed by atoms with van der Waals surface area (Å²) in [6, 6.07) is 18.2. The molecule has 2 amide bonds. The third kappa shape index (κ3) is 6.12. The van der Waals surface area contributed by atoms with Crippen molar-refractivity contribution in [2.45, 2.75) is 30.0 Å². The lowest BCUT2D eigenvalue weighted by Crippen LogP contribution is -2.52. The Balaban J connectivity index is 1.23. The first-order chi connectivity index (χ1) is 15.6. The number of hydrogen-bond acceptors (Lipinski definition) is 5. The lowest BCUT2D eigenvalue weighted by Gasteiger charge is -2.35. The second-order valence-corrected chi connectivity index (χ2v) is 10.0. The molecule has 0 bridgehead atoms. The minimum Gasteiger partial charge on any atom is -0.351 e. The van der Waals surface area contributed by atoms with Crippen molar-refractivity contribution in [2.24, 2.45) is 0 Å². The van der Waals surface area contributed by atoms with E-state index in [0.717, 1.165) is 50.4 Å². The van der Waals surface area contributed by atoms with E-state index in [1.807, 2.05) is 59.1 Å². The summed E-state index contributed by atoms with van der Waals surface area (Å²) >= 11 is 1.86. The molecule has 0 spiro atoms. The van der Waals surface area contributed by atoms with Gasteiger partial charge in [0, 0.05) is 49.4 Å². The van der Waals surface area contributed by atoms with Gasteiger partial charge in [0.1, 0.15) is 0 Å². The molecule has 0 aliphatic carbocycles. The van der Waals surface area contributed by atoms with Crippen molar-refractivity contribution in [3.8, 4) is 0 Å². The molecule has 1 saturated heterocycles. The van der Waals surface area contributed by atoms with Crippen LogP contribution in [0.4, 0.5) is 5.69 Å². The van der Waals surface area contributed by atoms with Crippen LogP contribution in [-0.4, -0.2) is 72.7 Å². The topological polar surface area (TPSA) is 55.9 Å². The maximum absolute atomic E-state index is 13.2. The molecule has 6 nitrogen and oxygen atoms in total. The summed E-state index contributed by atoms with van der Waals surface area (Å²) in [6.07, 6.45) is 0.997. The Bertz CT molecular complexity index is 915. The zero-order valence-electron chi connectivity index (χ0n) is 18.7. The van der Waals surface area contributed by atoms with Gasteiger partial charge >= 0.3 is 0 Å². The highest BCUT2D eigenvalue weighted by Gasteiger charge is 2.27. The smallest absolute Gasteiger partial charge is 0.241 e. The van der Waals surface area contributed by atoms with Crippen LogP contribution in [0.15, 0.2) is 59.5 Å². The largest absolute Gasteiger partial charge is 0.351 e. The van der Waals surface area contributed by atoms with Crippen LogP contribution in [-0.2, 0) is 16.1 Å². The number of amides is 2. The first-order valence-corrected chi connectivity index (χ1v) is 12.3. The molecule has 7 heteroatoms. The van der Waals surface area contributed by atoms with Crippen LogP contribution in [0.3, 0.4) is 0 Å². The fourth-order valence-electron chi connectivity index (χ4n) is 4.18. The van der Waals surface area contributed by atoms with E-state index < -0.39 is 0 Å². The van der Waals surface area contributed by atoms with E-state index in [-0.39, 0.29) is 11.8 Å². The molecule has 4 rings (SSSR count). The number of nitrogens with one attached hydrogen (secondary N) is 1. The van der Waals surface area contributed by atoms with E-state index in [9.17, 15) is 9.59 Å². The minimum absolute atomic E-state index is 0.0474. The SMILES string of the molecule is CC1CCN(C(=O)CN2CCN(CC(=O)NCc3ccccc3)CC2)c2ccccc2S1. The van der Waals surface area contributed by atoms with Crippen molar-refractivity contribution < 1.29 is 9.59 Å². The number of benzene rings is 2. The van der Waals surface area contributed by atoms with E-state index >= 15 is 0 Å². The fourth-order valence-corrected chi connectivity index (χ4v) is 5.30. The van der Waals surface area contributed by atoms with Crippen LogP contribution in [0.5, 0.6) is 0 Å². The number of carbonyl (C=O) groups is 2. The van der Waals surface area contributed by atoms with Gasteiger partial charge < -0.3 is 10.2 Å². The summed E-state index contributed by atoms with van der Waals surface area (Å²) in [5.74, 6) is 0.215. The summed E-state index contributed by atoms with van der Waals surface area (Å²) < 4.78 is 0. The maximum Gasteiger partial charge on any atom is 0.241 e. The Kier molecular flexibility index (Phi) is 7.84. The highest BCUT2D eigenvalue weighted by atomic mass is 32.2. The first kappa shape index (κ1) is 22.8. The average Bonchev–Trinajstić information content (AvgIpc) is 2.98. The van der Waals surface area contributed by atoms with Crippen molar-refractivity contribution in [1.29, 1.82) is 0 Å². The van der Waals surface area contributed by atoms with Crippen molar-refractivity contribution in [1.82, 2.24) is 15.1 Å². The molecular formula is C25H32N4O2S. The number of para-hydroxylation sites is 1. The molecule has 32 heavy (non-hydrogen) atoms. The molecule has 170 valence electrons. The molecule has 1 unspecified atom stereocenters. The van der Waals surface area contributed by atoms with Gasteiger partial charge in [-0.3, -0.25) is 19.4 Å². The molecule has 2 heterocycles. The fraction of sp³-hybridized carbons (Fsp3) is 0.440. The molecule has 2 aromatic rings. The van der Waals surface area contributed by atoms with Crippen LogP contribution >= 0.6 is 11.8 Å². The van der Waals surface area contributed by atoms with Gasteiger partial charge in [-0.15, -0.1) is 11.8 Å². The van der Waals surface area contributed by atoms with E-state index in [4.69, 9.17) is 0 Å². The third-order valence-electron chi connectivity index (χ3n) is 6.07. The normalized spacial score (nSPS) is 19.8. The van der Waals surface area contributed by atoms with Crippen molar-refractivity contribution in [3.05, 3.63) is 60.2 Å². The van der Waals surface area contributed by atoms with Crippen LogP contribution in [0.1, 0.15) is 18.9 Å². The van der Waals surface area contributed by atoms with E-state index in [2.05, 4.69) is 34.2 Å². The summed E-state index contributed by atoms with van der Waals surface area (Å²) in [4.78, 5) is 33.0. The van der Waals surface area contributed by atoms with Gasteiger partial charge in [-0.1, -0.05) is 49.4 Å². The Morgan fingerprint density at radius 3 is 2.31 bits per heavy atom. The first-order valence-electron chi connectivity index (χ1n) is 11.4. The quantitative estimate of drug-likeness (QED) is 0.731. The van der Waals surface area contributed by atoms with Gasteiger partial charge in [0.05, 0.1) is 18.8 Å². The zero-order valence-corrected chi connectivity index (χ0v) is 19.5. The van der Waals surface area contributed by atoms with Crippen LogP contribution < -0.4 is 10.2 Å². The van der Waals surface area contributed by atoms with Gasteiger partial charge in [-0.05, 0) is 24.1 Å². The predicted octanol–water partition coefficient (Wildman–Crippen LogP) is 2.84. The second-order valence-electron chi connectivity index (χ2n) is 8.54. The van der Waals surface area contributed by atoms with Crippen molar-refractivity contribution in [2.75, 3.05) is 50.7 Å². The predicted molar refractivity (Wildman–Crippen MR) is 130 cm³/mol. The molecule has 2 aliphatic heterocycles. The van der Waals surface area contributed by atoms with Gasteiger partial charge in [0.25, 0.3) is 0 Å². The average molecular weight is 453 g/mol. The highest BCUT2D eigenvalue weighted by Crippen LogP contribution is 2.37. The summed E-state index contributed by atoms with van der Waals surface area (Å²) in [7, 11) is 0. The van der Waals surface area contributed by atoms with Gasteiger partial charge in [0.2, 0.25) is 11.8 Å². The molecule has 0 radical (unpaired) electrons. The molecular weight excluding hydrogens is 420 g/mol. The molecule has 0 saturated carbocycles. The number of fused-ring (bicyclic) bond motifs is 1. The van der Waals surface area contributed by atoms with Crippen molar-refractivity contribution >= 4 is 29.3 Å². The number of piperazine rings is 1. The van der Waals surface area contributed by atoms with Crippen LogP contribution in [0, 0.1) is 0 Å². The Morgan fingerprint density at radius 1 is 0.906 bits per heavy atom. The highest BCUT2D eigenvalue weighted by molar-refractivity contribution is 8.00. The Labute approximate surface area is 194 Å². The monoisotopic (exact) mass is 452 g/mol. The lowest BCUT2D eigenvalue weighted by atomic mass is 10.2. The number of rotatable bonds is 6. The van der Waals surface area contributed by atoms with E-state index in [1.54, 1.807) is 0 Å². The van der Waals surface area contributed by atoms with Crippen molar-refractivity contribution in [3.63, 3.8) is 0 Å². The number of nitrogens with zero attached hydrogens (tertiary/aromatic N) is 3. The summed E-state index contributed by atoms with van der Waals surface area (Å²) in [5, 5.41) is 3.50. The second kappa shape index (κ2) is 11.0. The molecule has 1 N–H and O–H groups in total. The lowest BCUT2D eigenvalue weighted by molar-refractivity contribution is -0.124. The maximum atomic E-state index is 13.2. The third-order valence-corrected chi connectivity index (χ3v) is 7.31. The van der Waals surface area contributed by atoms with Gasteiger partial charge in [-0.25, -0.2) is 0 Å². The summed E-state index contributed by atoms with van der Waals surface area (Å²) in [5.41, 5.74) is 2.15. The number of hydrogen-bond donors (Lipinski definition) is 1. The van der Waals surface area contributed by atoms with Crippen LogP contribution in [0.25, 0.3) is 0 Å².